The van der Waals surface area contributed by atoms with Gasteiger partial charge in [-0.1, -0.05) is 47.0 Å². The van der Waals surface area contributed by atoms with E-state index in [4.69, 9.17) is 0 Å². The van der Waals surface area contributed by atoms with Crippen molar-refractivity contribution in [3.8, 4) is 0 Å². The predicted molar refractivity (Wildman–Crippen MR) is 61.2 cm³/mol. The Balaban J connectivity index is 3.74. The molecule has 0 saturated heterocycles. The summed E-state index contributed by atoms with van der Waals surface area (Å²) in [5, 5.41) is 0. The zero-order valence-electron chi connectivity index (χ0n) is 10.4. The molecule has 0 atom stereocenters. The third kappa shape index (κ3) is 5.25. The van der Waals surface area contributed by atoms with Crippen molar-refractivity contribution < 1.29 is 4.79 Å². The van der Waals surface area contributed by atoms with E-state index in [1.54, 1.807) is 0 Å². The van der Waals surface area contributed by atoms with E-state index in [9.17, 15) is 4.79 Å². The fourth-order valence-electron chi connectivity index (χ4n) is 1.45. The second kappa shape index (κ2) is 6.05. The molecular weight excluding hydrogens is 174 g/mol. The van der Waals surface area contributed by atoms with E-state index in [1.807, 2.05) is 32.7 Å². The smallest absolute Gasteiger partial charge is 0.227 e. The van der Waals surface area contributed by atoms with Crippen molar-refractivity contribution in [1.82, 2.24) is 4.90 Å². The van der Waals surface area contributed by atoms with Crippen LogP contribution in [-0.4, -0.2) is 24.4 Å². The van der Waals surface area contributed by atoms with E-state index in [0.29, 0.717) is 0 Å². The largest absolute Gasteiger partial charge is 0.345 e. The predicted octanol–water partition coefficient (Wildman–Crippen LogP) is 3.07. The van der Waals surface area contributed by atoms with E-state index in [-0.39, 0.29) is 11.3 Å². The van der Waals surface area contributed by atoms with Gasteiger partial charge in [0.25, 0.3) is 0 Å². The molecule has 0 aromatic carbocycles. The average molecular weight is 199 g/mol. The third-order valence-corrected chi connectivity index (χ3v) is 2.34. The normalized spacial score (nSPS) is 11.5. The fourth-order valence-corrected chi connectivity index (χ4v) is 1.45. The molecule has 0 radical (unpaired) electrons. The summed E-state index contributed by atoms with van der Waals surface area (Å²) in [6.45, 7) is 9.01. The molecule has 0 aliphatic rings. The molecule has 84 valence electrons. The summed E-state index contributed by atoms with van der Waals surface area (Å²) in [5.74, 6) is 0.244. The van der Waals surface area contributed by atoms with Gasteiger partial charge in [0, 0.05) is 19.0 Å². The van der Waals surface area contributed by atoms with Crippen LogP contribution in [-0.2, 0) is 4.79 Å². The molecule has 14 heavy (non-hydrogen) atoms. The van der Waals surface area contributed by atoms with Crippen LogP contribution in [0.1, 0.15) is 53.4 Å². The maximum absolute atomic E-state index is 11.8. The first kappa shape index (κ1) is 13.5. The molecule has 0 unspecified atom stereocenters. The summed E-state index contributed by atoms with van der Waals surface area (Å²) in [7, 11) is 1.90. The number of rotatable bonds is 5. The van der Waals surface area contributed by atoms with Crippen LogP contribution in [0, 0.1) is 5.41 Å². The molecule has 0 heterocycles. The maximum Gasteiger partial charge on any atom is 0.227 e. The van der Waals surface area contributed by atoms with Crippen molar-refractivity contribution in [2.45, 2.75) is 53.4 Å². The standard InChI is InChI=1S/C12H25NO/c1-6-7-8-9-10-13(5)11(14)12(2,3)4/h6-10H2,1-5H3. The lowest BCUT2D eigenvalue weighted by atomic mass is 9.95. The Morgan fingerprint density at radius 2 is 1.71 bits per heavy atom. The number of carbonyl (C=O) groups is 1. The van der Waals surface area contributed by atoms with Crippen molar-refractivity contribution in [2.75, 3.05) is 13.6 Å². The summed E-state index contributed by atoms with van der Waals surface area (Å²) in [5.41, 5.74) is -0.237. The highest BCUT2D eigenvalue weighted by atomic mass is 16.2. The molecule has 0 rings (SSSR count). The highest BCUT2D eigenvalue weighted by molar-refractivity contribution is 5.81. The van der Waals surface area contributed by atoms with Crippen molar-refractivity contribution >= 4 is 5.91 Å². The second-order valence-corrected chi connectivity index (χ2v) is 5.04. The number of hydrogen-bond donors (Lipinski definition) is 0. The fraction of sp³-hybridized carbons (Fsp3) is 0.917. The van der Waals surface area contributed by atoms with Crippen LogP contribution >= 0.6 is 0 Å². The SMILES string of the molecule is CCCCCCN(C)C(=O)C(C)(C)C. The first-order valence-corrected chi connectivity index (χ1v) is 5.65. The summed E-state index contributed by atoms with van der Waals surface area (Å²) < 4.78 is 0. The lowest BCUT2D eigenvalue weighted by Crippen LogP contribution is -2.37. The van der Waals surface area contributed by atoms with Gasteiger partial charge in [-0.3, -0.25) is 4.79 Å². The molecule has 0 N–H and O–H groups in total. The molecule has 0 saturated carbocycles. The molecule has 0 aromatic heterocycles. The van der Waals surface area contributed by atoms with Gasteiger partial charge in [0.15, 0.2) is 0 Å². The van der Waals surface area contributed by atoms with Gasteiger partial charge in [-0.05, 0) is 6.42 Å². The number of amides is 1. The van der Waals surface area contributed by atoms with Crippen molar-refractivity contribution in [2.24, 2.45) is 5.41 Å². The topological polar surface area (TPSA) is 20.3 Å². The van der Waals surface area contributed by atoms with Gasteiger partial charge in [-0.2, -0.15) is 0 Å². The Labute approximate surface area is 88.7 Å². The van der Waals surface area contributed by atoms with Gasteiger partial charge in [0.05, 0.1) is 0 Å². The van der Waals surface area contributed by atoms with Gasteiger partial charge in [0.2, 0.25) is 5.91 Å². The van der Waals surface area contributed by atoms with Crippen LogP contribution in [0.4, 0.5) is 0 Å². The summed E-state index contributed by atoms with van der Waals surface area (Å²) in [4.78, 5) is 13.6. The summed E-state index contributed by atoms with van der Waals surface area (Å²) >= 11 is 0. The minimum Gasteiger partial charge on any atom is -0.345 e. The maximum atomic E-state index is 11.8. The van der Waals surface area contributed by atoms with Crippen LogP contribution < -0.4 is 0 Å². The Morgan fingerprint density at radius 3 is 2.14 bits per heavy atom. The monoisotopic (exact) mass is 199 g/mol. The lowest BCUT2D eigenvalue weighted by molar-refractivity contribution is -0.138. The van der Waals surface area contributed by atoms with Gasteiger partial charge in [0.1, 0.15) is 0 Å². The van der Waals surface area contributed by atoms with Crippen molar-refractivity contribution in [3.63, 3.8) is 0 Å². The molecule has 2 nitrogen and oxygen atoms in total. The van der Waals surface area contributed by atoms with E-state index in [0.717, 1.165) is 13.0 Å². The Bertz CT molecular complexity index is 170. The Morgan fingerprint density at radius 1 is 1.14 bits per heavy atom. The van der Waals surface area contributed by atoms with E-state index < -0.39 is 0 Å². The van der Waals surface area contributed by atoms with Crippen molar-refractivity contribution in [3.05, 3.63) is 0 Å². The minimum atomic E-state index is -0.237. The van der Waals surface area contributed by atoms with Gasteiger partial charge < -0.3 is 4.90 Å². The van der Waals surface area contributed by atoms with Gasteiger partial charge in [-0.25, -0.2) is 0 Å². The molecule has 1 amide bonds. The first-order chi connectivity index (χ1) is 6.39. The molecule has 0 spiro atoms. The Hall–Kier alpha value is -0.530. The van der Waals surface area contributed by atoms with Crippen LogP contribution in [0.15, 0.2) is 0 Å². The highest BCUT2D eigenvalue weighted by Gasteiger charge is 2.24. The molecule has 0 aromatic rings. The molecule has 0 bridgehead atoms. The number of unbranched alkanes of at least 4 members (excludes halogenated alkanes) is 3. The number of hydrogen-bond acceptors (Lipinski definition) is 1. The van der Waals surface area contributed by atoms with Crippen LogP contribution in [0.2, 0.25) is 0 Å². The second-order valence-electron chi connectivity index (χ2n) is 5.04. The number of carbonyl (C=O) groups excluding carboxylic acids is 1. The highest BCUT2D eigenvalue weighted by Crippen LogP contribution is 2.16. The van der Waals surface area contributed by atoms with E-state index in [1.165, 1.54) is 19.3 Å². The van der Waals surface area contributed by atoms with Crippen LogP contribution in [0.5, 0.6) is 0 Å². The number of nitrogens with zero attached hydrogens (tertiary/aromatic N) is 1. The molecule has 0 aliphatic heterocycles. The first-order valence-electron chi connectivity index (χ1n) is 5.65. The molecule has 0 aliphatic carbocycles. The molecule has 0 fully saturated rings. The third-order valence-electron chi connectivity index (χ3n) is 2.34. The quantitative estimate of drug-likeness (QED) is 0.623. The van der Waals surface area contributed by atoms with Gasteiger partial charge >= 0.3 is 0 Å². The van der Waals surface area contributed by atoms with Gasteiger partial charge in [-0.15, -0.1) is 0 Å². The zero-order chi connectivity index (χ0) is 11.2. The molecular formula is C12H25NO. The van der Waals surface area contributed by atoms with Crippen molar-refractivity contribution in [1.29, 1.82) is 0 Å². The molecule has 2 heteroatoms. The Kier molecular flexibility index (Phi) is 5.82. The zero-order valence-corrected chi connectivity index (χ0v) is 10.4. The minimum absolute atomic E-state index is 0.237. The van der Waals surface area contributed by atoms with Crippen LogP contribution in [0.3, 0.4) is 0 Å². The lowest BCUT2D eigenvalue weighted by Gasteiger charge is -2.25. The van der Waals surface area contributed by atoms with E-state index in [2.05, 4.69) is 6.92 Å². The van der Waals surface area contributed by atoms with Crippen LogP contribution in [0.25, 0.3) is 0 Å². The summed E-state index contributed by atoms with van der Waals surface area (Å²) in [6, 6.07) is 0. The average Bonchev–Trinajstić information content (AvgIpc) is 2.09. The summed E-state index contributed by atoms with van der Waals surface area (Å²) in [6.07, 6.45) is 4.89. The van der Waals surface area contributed by atoms with E-state index >= 15 is 0 Å².